The van der Waals surface area contributed by atoms with Crippen molar-refractivity contribution in [1.29, 1.82) is 0 Å². The van der Waals surface area contributed by atoms with Crippen molar-refractivity contribution in [1.82, 2.24) is 10.5 Å². The van der Waals surface area contributed by atoms with Crippen LogP contribution in [-0.4, -0.2) is 18.2 Å². The number of nitrogens with one attached hydrogen (secondary N) is 1. The molecule has 0 bridgehead atoms. The second-order valence-electron chi connectivity index (χ2n) is 3.57. The Morgan fingerprint density at radius 1 is 1.77 bits per heavy atom. The molecule has 13 heavy (non-hydrogen) atoms. The fraction of sp³-hybridized carbons (Fsp3) is 0.667. The number of aryl methyl sites for hydroxylation is 1. The maximum Gasteiger partial charge on any atom is 0.128 e. The minimum atomic E-state index is 0.344. The number of aromatic nitrogens is 1. The predicted molar refractivity (Wildman–Crippen MR) is 49.1 cm³/mol. The van der Waals surface area contributed by atoms with Crippen LogP contribution < -0.4 is 11.1 Å². The molecule has 0 spiro atoms. The Morgan fingerprint density at radius 3 is 3.23 bits per heavy atom. The first kappa shape index (κ1) is 8.72. The molecule has 2 atom stereocenters. The maximum absolute atomic E-state index is 5.69. The average molecular weight is 181 g/mol. The number of hydrogen-bond donors (Lipinski definition) is 2. The van der Waals surface area contributed by atoms with Crippen LogP contribution in [0.4, 0.5) is 0 Å². The molecule has 3 N–H and O–H groups in total. The molecule has 4 nitrogen and oxygen atoms in total. The molecule has 1 aromatic heterocycles. The third kappa shape index (κ3) is 1.47. The molecule has 1 fully saturated rings. The van der Waals surface area contributed by atoms with Crippen molar-refractivity contribution in [2.24, 2.45) is 11.7 Å². The molecule has 1 saturated heterocycles. The quantitative estimate of drug-likeness (QED) is 0.701. The van der Waals surface area contributed by atoms with E-state index in [1.165, 1.54) is 0 Å². The van der Waals surface area contributed by atoms with Gasteiger partial charge in [-0.05, 0) is 32.4 Å². The smallest absolute Gasteiger partial charge is 0.128 e. The van der Waals surface area contributed by atoms with Crippen LogP contribution in [-0.2, 0) is 0 Å². The van der Waals surface area contributed by atoms with E-state index in [-0.39, 0.29) is 0 Å². The Labute approximate surface area is 77.5 Å². The highest BCUT2D eigenvalue weighted by atomic mass is 16.5. The summed E-state index contributed by atoms with van der Waals surface area (Å²) < 4.78 is 4.92. The SMILES string of the molecule is Cc1nocc1C1NCCC1CN. The van der Waals surface area contributed by atoms with Crippen LogP contribution in [0.2, 0.25) is 0 Å². The highest BCUT2D eigenvalue weighted by Gasteiger charge is 2.29. The van der Waals surface area contributed by atoms with E-state index in [9.17, 15) is 0 Å². The van der Waals surface area contributed by atoms with Gasteiger partial charge in [-0.25, -0.2) is 0 Å². The van der Waals surface area contributed by atoms with E-state index in [0.29, 0.717) is 12.0 Å². The highest BCUT2D eigenvalue weighted by Crippen LogP contribution is 2.30. The summed E-state index contributed by atoms with van der Waals surface area (Å²) in [6.07, 6.45) is 2.87. The van der Waals surface area contributed by atoms with Gasteiger partial charge in [-0.1, -0.05) is 5.16 Å². The summed E-state index contributed by atoms with van der Waals surface area (Å²) in [4.78, 5) is 0. The van der Waals surface area contributed by atoms with E-state index in [4.69, 9.17) is 10.3 Å². The van der Waals surface area contributed by atoms with Crippen molar-refractivity contribution in [2.75, 3.05) is 13.1 Å². The second-order valence-corrected chi connectivity index (χ2v) is 3.57. The van der Waals surface area contributed by atoms with Crippen molar-refractivity contribution in [3.63, 3.8) is 0 Å². The highest BCUT2D eigenvalue weighted by molar-refractivity contribution is 5.20. The Kier molecular flexibility index (Phi) is 2.33. The lowest BCUT2D eigenvalue weighted by Gasteiger charge is -2.16. The zero-order chi connectivity index (χ0) is 9.26. The van der Waals surface area contributed by atoms with Gasteiger partial charge in [0.1, 0.15) is 6.26 Å². The van der Waals surface area contributed by atoms with Gasteiger partial charge in [-0.15, -0.1) is 0 Å². The van der Waals surface area contributed by atoms with E-state index >= 15 is 0 Å². The standard InChI is InChI=1S/C9H15N3O/c1-6-8(5-13-12-6)9-7(4-10)2-3-11-9/h5,7,9,11H,2-4,10H2,1H3. The first-order chi connectivity index (χ1) is 6.33. The average Bonchev–Trinajstić information content (AvgIpc) is 2.71. The lowest BCUT2D eigenvalue weighted by atomic mass is 9.95. The van der Waals surface area contributed by atoms with Crippen molar-refractivity contribution in [3.05, 3.63) is 17.5 Å². The summed E-state index contributed by atoms with van der Waals surface area (Å²) in [6, 6.07) is 0.344. The molecule has 72 valence electrons. The monoisotopic (exact) mass is 181 g/mol. The third-order valence-electron chi connectivity index (χ3n) is 2.78. The summed E-state index contributed by atoms with van der Waals surface area (Å²) in [5.74, 6) is 0.526. The van der Waals surface area contributed by atoms with Crippen LogP contribution in [0, 0.1) is 12.8 Å². The zero-order valence-corrected chi connectivity index (χ0v) is 7.79. The molecule has 0 saturated carbocycles. The van der Waals surface area contributed by atoms with Gasteiger partial charge in [-0.2, -0.15) is 0 Å². The van der Waals surface area contributed by atoms with Crippen LogP contribution in [0.25, 0.3) is 0 Å². The van der Waals surface area contributed by atoms with Gasteiger partial charge >= 0.3 is 0 Å². The van der Waals surface area contributed by atoms with Crippen LogP contribution >= 0.6 is 0 Å². The first-order valence-corrected chi connectivity index (χ1v) is 4.67. The molecule has 2 heterocycles. The summed E-state index contributed by atoms with van der Waals surface area (Å²) in [5.41, 5.74) is 7.82. The summed E-state index contributed by atoms with van der Waals surface area (Å²) in [7, 11) is 0. The fourth-order valence-corrected chi connectivity index (χ4v) is 1.97. The van der Waals surface area contributed by atoms with E-state index < -0.39 is 0 Å². The molecule has 2 rings (SSSR count). The molecule has 0 radical (unpaired) electrons. The molecule has 1 aliphatic heterocycles. The normalized spacial score (nSPS) is 28.2. The van der Waals surface area contributed by atoms with Crippen LogP contribution in [0.15, 0.2) is 10.8 Å². The minimum Gasteiger partial charge on any atom is -0.364 e. The van der Waals surface area contributed by atoms with Gasteiger partial charge in [0.05, 0.1) is 5.69 Å². The number of hydrogen-bond acceptors (Lipinski definition) is 4. The summed E-state index contributed by atoms with van der Waals surface area (Å²) >= 11 is 0. The molecular formula is C9H15N3O. The number of nitrogens with zero attached hydrogens (tertiary/aromatic N) is 1. The van der Waals surface area contributed by atoms with Gasteiger partial charge in [-0.3, -0.25) is 0 Å². The summed E-state index contributed by atoms with van der Waals surface area (Å²) in [6.45, 7) is 3.73. The van der Waals surface area contributed by atoms with E-state index in [1.54, 1.807) is 6.26 Å². The van der Waals surface area contributed by atoms with Gasteiger partial charge in [0.2, 0.25) is 0 Å². The topological polar surface area (TPSA) is 64.1 Å². The zero-order valence-electron chi connectivity index (χ0n) is 7.79. The molecular weight excluding hydrogens is 166 g/mol. The van der Waals surface area contributed by atoms with Crippen molar-refractivity contribution >= 4 is 0 Å². The first-order valence-electron chi connectivity index (χ1n) is 4.67. The van der Waals surface area contributed by atoms with Gasteiger partial charge in [0.15, 0.2) is 0 Å². The lowest BCUT2D eigenvalue weighted by molar-refractivity contribution is 0.410. The Balaban J connectivity index is 2.20. The van der Waals surface area contributed by atoms with E-state index in [1.807, 2.05) is 6.92 Å². The molecule has 0 aromatic carbocycles. The van der Waals surface area contributed by atoms with Crippen LogP contribution in [0.1, 0.15) is 23.7 Å². The number of rotatable bonds is 2. The van der Waals surface area contributed by atoms with E-state index in [2.05, 4.69) is 10.5 Å². The van der Waals surface area contributed by atoms with Crippen LogP contribution in [0.3, 0.4) is 0 Å². The minimum absolute atomic E-state index is 0.344. The van der Waals surface area contributed by atoms with Crippen LogP contribution in [0.5, 0.6) is 0 Å². The van der Waals surface area contributed by atoms with Gasteiger partial charge in [0, 0.05) is 11.6 Å². The maximum atomic E-state index is 5.69. The molecule has 1 aromatic rings. The molecule has 2 unspecified atom stereocenters. The predicted octanol–water partition coefficient (Wildman–Crippen LogP) is 0.592. The Morgan fingerprint density at radius 2 is 2.62 bits per heavy atom. The van der Waals surface area contributed by atoms with Crippen molar-refractivity contribution < 1.29 is 4.52 Å². The van der Waals surface area contributed by atoms with E-state index in [0.717, 1.165) is 30.8 Å². The third-order valence-corrected chi connectivity index (χ3v) is 2.78. The largest absolute Gasteiger partial charge is 0.364 e. The molecule has 4 heteroatoms. The molecule has 0 amide bonds. The summed E-state index contributed by atoms with van der Waals surface area (Å²) in [5, 5.41) is 7.29. The number of nitrogens with two attached hydrogens (primary N) is 1. The Bertz CT molecular complexity index is 284. The van der Waals surface area contributed by atoms with Gasteiger partial charge in [0.25, 0.3) is 0 Å². The van der Waals surface area contributed by atoms with Gasteiger partial charge < -0.3 is 15.6 Å². The molecule has 1 aliphatic rings. The molecule has 0 aliphatic carbocycles. The second kappa shape index (κ2) is 3.47. The van der Waals surface area contributed by atoms with Crippen molar-refractivity contribution in [2.45, 2.75) is 19.4 Å². The fourth-order valence-electron chi connectivity index (χ4n) is 1.97. The lowest BCUT2D eigenvalue weighted by Crippen LogP contribution is -2.23. The Hall–Kier alpha value is -0.870. The van der Waals surface area contributed by atoms with Crippen molar-refractivity contribution in [3.8, 4) is 0 Å².